The Morgan fingerprint density at radius 1 is 1.16 bits per heavy atom. The topological polar surface area (TPSA) is 50.4 Å². The number of methoxy groups -OCH3 is 1. The van der Waals surface area contributed by atoms with E-state index in [9.17, 15) is 4.79 Å². The third kappa shape index (κ3) is 7.70. The summed E-state index contributed by atoms with van der Waals surface area (Å²) in [7, 11) is 1.63. The van der Waals surface area contributed by atoms with Gasteiger partial charge in [0.2, 0.25) is 5.91 Å². The summed E-state index contributed by atoms with van der Waals surface area (Å²) >= 11 is 0. The van der Waals surface area contributed by atoms with E-state index in [-0.39, 0.29) is 18.3 Å². The molecule has 0 aliphatic rings. The van der Waals surface area contributed by atoms with Crippen LogP contribution in [0.25, 0.3) is 0 Å². The lowest BCUT2D eigenvalue weighted by Gasteiger charge is -2.06. The summed E-state index contributed by atoms with van der Waals surface area (Å²) in [6.07, 6.45) is 1.53. The van der Waals surface area contributed by atoms with Crippen LogP contribution >= 0.6 is 12.4 Å². The largest absolute Gasteiger partial charge is 0.497 e. The Labute approximate surface area is 121 Å². The third-order valence-corrected chi connectivity index (χ3v) is 2.57. The molecule has 0 heterocycles. The van der Waals surface area contributed by atoms with Crippen LogP contribution in [0.5, 0.6) is 5.75 Å². The highest BCUT2D eigenvalue weighted by Crippen LogP contribution is 2.11. The molecule has 1 aromatic rings. The molecule has 5 heteroatoms. The van der Waals surface area contributed by atoms with Crippen LogP contribution < -0.4 is 15.4 Å². The van der Waals surface area contributed by atoms with E-state index in [0.29, 0.717) is 13.0 Å². The van der Waals surface area contributed by atoms with Gasteiger partial charge in [0.05, 0.1) is 13.5 Å². The minimum atomic E-state index is 0. The second-order valence-electron chi connectivity index (χ2n) is 4.12. The van der Waals surface area contributed by atoms with Crippen molar-refractivity contribution >= 4 is 18.3 Å². The summed E-state index contributed by atoms with van der Waals surface area (Å²) in [4.78, 5) is 11.6. The fraction of sp³-hybridized carbons (Fsp3) is 0.500. The molecule has 0 aromatic heterocycles. The van der Waals surface area contributed by atoms with Crippen LogP contribution in [0.4, 0.5) is 0 Å². The number of nitrogens with one attached hydrogen (secondary N) is 2. The first-order chi connectivity index (χ1) is 8.76. The van der Waals surface area contributed by atoms with Gasteiger partial charge in [-0.05, 0) is 30.7 Å². The van der Waals surface area contributed by atoms with Crippen molar-refractivity contribution in [3.05, 3.63) is 29.8 Å². The molecule has 108 valence electrons. The molecule has 0 fully saturated rings. The van der Waals surface area contributed by atoms with Gasteiger partial charge in [-0.15, -0.1) is 12.4 Å². The number of amides is 1. The van der Waals surface area contributed by atoms with Crippen LogP contribution in [0.1, 0.15) is 18.9 Å². The first-order valence-corrected chi connectivity index (χ1v) is 6.36. The summed E-state index contributed by atoms with van der Waals surface area (Å²) in [5.41, 5.74) is 0.995. The zero-order valence-corrected chi connectivity index (χ0v) is 12.4. The molecule has 0 spiro atoms. The van der Waals surface area contributed by atoms with Crippen molar-refractivity contribution in [3.63, 3.8) is 0 Å². The summed E-state index contributed by atoms with van der Waals surface area (Å²) in [5, 5.41) is 6.12. The van der Waals surface area contributed by atoms with E-state index in [1.54, 1.807) is 7.11 Å². The minimum Gasteiger partial charge on any atom is -0.497 e. The van der Waals surface area contributed by atoms with Gasteiger partial charge in [-0.25, -0.2) is 0 Å². The van der Waals surface area contributed by atoms with E-state index in [0.717, 1.165) is 30.8 Å². The Morgan fingerprint density at radius 3 is 2.42 bits per heavy atom. The number of hydrogen-bond acceptors (Lipinski definition) is 3. The molecule has 0 aliphatic carbocycles. The van der Waals surface area contributed by atoms with E-state index in [2.05, 4.69) is 17.6 Å². The quantitative estimate of drug-likeness (QED) is 0.716. The van der Waals surface area contributed by atoms with Crippen molar-refractivity contribution in [2.75, 3.05) is 26.7 Å². The predicted molar refractivity (Wildman–Crippen MR) is 80.1 cm³/mol. The Hall–Kier alpha value is -1.26. The molecule has 0 atom stereocenters. The molecule has 1 aromatic carbocycles. The summed E-state index contributed by atoms with van der Waals surface area (Å²) < 4.78 is 5.07. The van der Waals surface area contributed by atoms with Crippen LogP contribution in [0.15, 0.2) is 24.3 Å². The van der Waals surface area contributed by atoms with Gasteiger partial charge in [-0.1, -0.05) is 19.1 Å². The average Bonchev–Trinajstić information content (AvgIpc) is 2.39. The molecule has 0 saturated carbocycles. The maximum absolute atomic E-state index is 11.6. The van der Waals surface area contributed by atoms with E-state index >= 15 is 0 Å². The van der Waals surface area contributed by atoms with E-state index in [1.807, 2.05) is 24.3 Å². The number of benzene rings is 1. The fourth-order valence-electron chi connectivity index (χ4n) is 1.58. The summed E-state index contributed by atoms with van der Waals surface area (Å²) in [6.45, 7) is 4.61. The van der Waals surface area contributed by atoms with Gasteiger partial charge in [0.25, 0.3) is 0 Å². The number of carbonyl (C=O) groups excluding carboxylic acids is 1. The summed E-state index contributed by atoms with van der Waals surface area (Å²) in [6, 6.07) is 7.55. The van der Waals surface area contributed by atoms with Crippen LogP contribution in [0.3, 0.4) is 0 Å². The number of halogens is 1. The van der Waals surface area contributed by atoms with Crippen LogP contribution in [-0.2, 0) is 11.2 Å². The predicted octanol–water partition coefficient (Wildman–Crippen LogP) is 1.78. The second-order valence-corrected chi connectivity index (χ2v) is 4.12. The molecule has 0 radical (unpaired) electrons. The molecule has 0 aliphatic heterocycles. The molecular weight excluding hydrogens is 264 g/mol. The van der Waals surface area contributed by atoms with Crippen LogP contribution in [0, 0.1) is 0 Å². The highest BCUT2D eigenvalue weighted by molar-refractivity contribution is 5.85. The SMILES string of the molecule is CCCNCCNC(=O)Cc1ccc(OC)cc1.Cl. The van der Waals surface area contributed by atoms with E-state index < -0.39 is 0 Å². The van der Waals surface area contributed by atoms with Crippen LogP contribution in [0.2, 0.25) is 0 Å². The van der Waals surface area contributed by atoms with Crippen molar-refractivity contribution < 1.29 is 9.53 Å². The second kappa shape index (κ2) is 10.6. The molecule has 2 N–H and O–H groups in total. The van der Waals surface area contributed by atoms with Crippen molar-refractivity contribution in [2.45, 2.75) is 19.8 Å². The fourth-order valence-corrected chi connectivity index (χ4v) is 1.58. The molecule has 19 heavy (non-hydrogen) atoms. The number of rotatable bonds is 8. The molecule has 1 amide bonds. The standard InChI is InChI=1S/C14H22N2O2.ClH/c1-3-8-15-9-10-16-14(17)11-12-4-6-13(18-2)7-5-12;/h4-7,15H,3,8-11H2,1-2H3,(H,16,17);1H. The van der Waals surface area contributed by atoms with Gasteiger partial charge >= 0.3 is 0 Å². The maximum atomic E-state index is 11.6. The van der Waals surface area contributed by atoms with Gasteiger partial charge in [0.15, 0.2) is 0 Å². The van der Waals surface area contributed by atoms with Gasteiger partial charge in [0.1, 0.15) is 5.75 Å². The molecule has 0 bridgehead atoms. The third-order valence-electron chi connectivity index (χ3n) is 2.57. The van der Waals surface area contributed by atoms with Gasteiger partial charge in [0, 0.05) is 13.1 Å². The minimum absolute atomic E-state index is 0. The van der Waals surface area contributed by atoms with Gasteiger partial charge < -0.3 is 15.4 Å². The monoisotopic (exact) mass is 286 g/mol. The Bertz CT molecular complexity index is 355. The normalized spacial score (nSPS) is 9.58. The smallest absolute Gasteiger partial charge is 0.224 e. The average molecular weight is 287 g/mol. The maximum Gasteiger partial charge on any atom is 0.224 e. The van der Waals surface area contributed by atoms with Crippen molar-refractivity contribution in [2.24, 2.45) is 0 Å². The lowest BCUT2D eigenvalue weighted by atomic mass is 10.1. The van der Waals surface area contributed by atoms with Crippen molar-refractivity contribution in [1.29, 1.82) is 0 Å². The van der Waals surface area contributed by atoms with Gasteiger partial charge in [-0.2, -0.15) is 0 Å². The Balaban J connectivity index is 0.00000324. The van der Waals surface area contributed by atoms with E-state index in [4.69, 9.17) is 4.74 Å². The van der Waals surface area contributed by atoms with E-state index in [1.165, 1.54) is 0 Å². The lowest BCUT2D eigenvalue weighted by molar-refractivity contribution is -0.120. The highest BCUT2D eigenvalue weighted by atomic mass is 35.5. The first-order valence-electron chi connectivity index (χ1n) is 6.36. The highest BCUT2D eigenvalue weighted by Gasteiger charge is 2.02. The number of hydrogen-bond donors (Lipinski definition) is 2. The lowest BCUT2D eigenvalue weighted by Crippen LogP contribution is -2.32. The zero-order chi connectivity index (χ0) is 13.2. The molecule has 0 unspecified atom stereocenters. The van der Waals surface area contributed by atoms with Crippen molar-refractivity contribution in [3.8, 4) is 5.75 Å². The van der Waals surface area contributed by atoms with Crippen LogP contribution in [-0.4, -0.2) is 32.7 Å². The zero-order valence-electron chi connectivity index (χ0n) is 11.6. The van der Waals surface area contributed by atoms with Gasteiger partial charge in [-0.3, -0.25) is 4.79 Å². The molecule has 1 rings (SSSR count). The number of ether oxygens (including phenoxy) is 1. The number of carbonyl (C=O) groups is 1. The van der Waals surface area contributed by atoms with Crippen molar-refractivity contribution in [1.82, 2.24) is 10.6 Å². The first kappa shape index (κ1) is 17.7. The summed E-state index contributed by atoms with van der Waals surface area (Å²) in [5.74, 6) is 0.862. The molecule has 0 saturated heterocycles. The Kier molecular flexibility index (Phi) is 9.94. The molecule has 4 nitrogen and oxygen atoms in total. The Morgan fingerprint density at radius 2 is 1.84 bits per heavy atom. The molecular formula is C14H23ClN2O2.